The second-order valence-corrected chi connectivity index (χ2v) is 21.2. The molecule has 0 bridgehead atoms. The van der Waals surface area contributed by atoms with Crippen LogP contribution in [0.1, 0.15) is 271 Å². The first-order valence-corrected chi connectivity index (χ1v) is 29.8. The van der Waals surface area contributed by atoms with Crippen LogP contribution in [-0.2, 0) is 25.0 Å². The van der Waals surface area contributed by atoms with E-state index in [0.717, 1.165) is 25.7 Å². The van der Waals surface area contributed by atoms with Gasteiger partial charge in [0, 0.05) is 25.3 Å². The maximum absolute atomic E-state index is 11.7. The van der Waals surface area contributed by atoms with E-state index in [0.29, 0.717) is 45.2 Å². The molecule has 1 amide bonds. The smallest absolute Gasteiger partial charge is 0.862 e. The minimum atomic E-state index is -4.15. The Morgan fingerprint density at radius 3 is 1.18 bits per heavy atom. The number of hydrogen-bond donors (Lipinski definition) is 2. The van der Waals surface area contributed by atoms with Crippen molar-refractivity contribution in [3.8, 4) is 0 Å². The molecule has 0 aromatic heterocycles. The summed E-state index contributed by atoms with van der Waals surface area (Å²) < 4.78 is 61.2. The van der Waals surface area contributed by atoms with Gasteiger partial charge in [0.15, 0.2) is 0 Å². The van der Waals surface area contributed by atoms with Crippen molar-refractivity contribution in [2.45, 2.75) is 271 Å². The van der Waals surface area contributed by atoms with Gasteiger partial charge >= 0.3 is 37.7 Å². The fourth-order valence-corrected chi connectivity index (χ4v) is 8.64. The number of carbonyl (C=O) groups is 1. The van der Waals surface area contributed by atoms with Crippen molar-refractivity contribution in [2.24, 2.45) is 4.99 Å². The zero-order chi connectivity index (χ0) is 47.5. The summed E-state index contributed by atoms with van der Waals surface area (Å²) in [7, 11) is -8.03. The van der Waals surface area contributed by atoms with Crippen LogP contribution in [0, 0.1) is 0 Å². The zero-order valence-electron chi connectivity index (χ0n) is 42.2. The molecule has 380 valence electrons. The minimum absolute atomic E-state index is 0. The SMILES string of the molecule is CCCCCCCCCC/C=C/CCCCCCCCCC(=O)NCCCCS(=O)(=O)O.CCCCCCCCCC/C=C/CCCCCCCCCC([O-])=NCCCCS(=O)(=O)[O-].[Ca+2]. The molecule has 0 rings (SSSR count). The van der Waals surface area contributed by atoms with E-state index in [2.05, 4.69) is 48.5 Å². The van der Waals surface area contributed by atoms with Crippen molar-refractivity contribution in [1.82, 2.24) is 5.32 Å². The van der Waals surface area contributed by atoms with Crippen LogP contribution in [0.25, 0.3) is 0 Å². The molecule has 0 saturated carbocycles. The molecule has 0 unspecified atom stereocenters. The molecule has 13 heteroatoms. The Morgan fingerprint density at radius 2 is 0.815 bits per heavy atom. The van der Waals surface area contributed by atoms with E-state index >= 15 is 0 Å². The predicted octanol–water partition coefficient (Wildman–Crippen LogP) is 13.7. The molecular weight excluding hydrogens is 885 g/mol. The van der Waals surface area contributed by atoms with Gasteiger partial charge in [-0.15, -0.1) is 0 Å². The molecule has 0 heterocycles. The normalized spacial score (nSPS) is 12.2. The third-order valence-corrected chi connectivity index (χ3v) is 13.2. The van der Waals surface area contributed by atoms with E-state index in [1.165, 1.54) is 193 Å². The summed E-state index contributed by atoms with van der Waals surface area (Å²) in [5, 5.41) is 14.4. The van der Waals surface area contributed by atoms with Crippen molar-refractivity contribution in [3.63, 3.8) is 0 Å². The summed E-state index contributed by atoms with van der Waals surface area (Å²) in [6.45, 7) is 5.33. The van der Waals surface area contributed by atoms with E-state index < -0.39 is 20.2 Å². The van der Waals surface area contributed by atoms with E-state index in [1.54, 1.807) is 0 Å². The standard InChI is InChI=1S/2C26H51NO4S.Ca/c2*1-2-3-4-5-6-7-8-9-10-11-12-13-14-15-16-17-18-19-20-23-26(28)27-24-21-22-25-32(29,30)31;/h2*11-12H,2-10,13-25H2,1H3,(H,27,28)(H,29,30,31);/q;;+2/p-2/b2*12-11+;. The maximum atomic E-state index is 11.7. The molecule has 0 atom stereocenters. The van der Waals surface area contributed by atoms with Gasteiger partial charge in [0.05, 0.1) is 15.9 Å². The van der Waals surface area contributed by atoms with Gasteiger partial charge in [-0.2, -0.15) is 8.42 Å². The Kier molecular flexibility index (Phi) is 57.6. The largest absolute Gasteiger partial charge is 2.00 e. The van der Waals surface area contributed by atoms with Crippen molar-refractivity contribution in [2.75, 3.05) is 24.6 Å². The van der Waals surface area contributed by atoms with Gasteiger partial charge in [0.25, 0.3) is 10.1 Å². The molecule has 10 nitrogen and oxygen atoms in total. The van der Waals surface area contributed by atoms with Gasteiger partial charge in [-0.3, -0.25) is 9.35 Å². The summed E-state index contributed by atoms with van der Waals surface area (Å²) >= 11 is 0. The Hall–Kier alpha value is -0.500. The van der Waals surface area contributed by atoms with Gasteiger partial charge in [-0.1, -0.05) is 192 Å². The molecule has 0 aliphatic carbocycles. The third kappa shape index (κ3) is 67.8. The van der Waals surface area contributed by atoms with E-state index in [-0.39, 0.29) is 67.5 Å². The van der Waals surface area contributed by atoms with E-state index in [1.807, 2.05) is 0 Å². The van der Waals surface area contributed by atoms with Crippen LogP contribution in [0.4, 0.5) is 0 Å². The summed E-state index contributed by atoms with van der Waals surface area (Å²) in [6, 6.07) is 0. The molecule has 0 saturated heterocycles. The van der Waals surface area contributed by atoms with Crippen LogP contribution in [0.5, 0.6) is 0 Å². The molecule has 2 N–H and O–H groups in total. The Bertz CT molecular complexity index is 1310. The van der Waals surface area contributed by atoms with Crippen molar-refractivity contribution in [1.29, 1.82) is 0 Å². The fraction of sp³-hybridized carbons (Fsp3) is 0.885. The predicted molar refractivity (Wildman–Crippen MR) is 276 cm³/mol. The van der Waals surface area contributed by atoms with Crippen LogP contribution in [0.15, 0.2) is 29.3 Å². The Labute approximate surface area is 432 Å². The third-order valence-electron chi connectivity index (χ3n) is 11.6. The molecule has 0 radical (unpaired) electrons. The number of aliphatic imine (C=N–C) groups is 1. The van der Waals surface area contributed by atoms with Gasteiger partial charge in [0.2, 0.25) is 5.91 Å². The zero-order valence-corrected chi connectivity index (χ0v) is 46.0. The van der Waals surface area contributed by atoms with E-state index in [4.69, 9.17) is 4.55 Å². The second kappa shape index (κ2) is 54.4. The first kappa shape index (κ1) is 68.8. The molecule has 0 aliphatic heterocycles. The van der Waals surface area contributed by atoms with Crippen LogP contribution in [-0.4, -0.2) is 100 Å². The van der Waals surface area contributed by atoms with Crippen molar-refractivity contribution in [3.05, 3.63) is 24.3 Å². The average Bonchev–Trinajstić information content (AvgIpc) is 3.24. The van der Waals surface area contributed by atoms with Crippen LogP contribution in [0.3, 0.4) is 0 Å². The molecule has 0 aliphatic rings. The molecule has 0 spiro atoms. The monoisotopic (exact) mass is 985 g/mol. The number of hydrogen-bond acceptors (Lipinski definition) is 8. The molecule has 65 heavy (non-hydrogen) atoms. The second-order valence-electron chi connectivity index (χ2n) is 18.1. The summed E-state index contributed by atoms with van der Waals surface area (Å²) in [4.78, 5) is 15.6. The number of nitrogens with zero attached hydrogens (tertiary/aromatic N) is 1. The minimum Gasteiger partial charge on any atom is -0.862 e. The van der Waals surface area contributed by atoms with Crippen LogP contribution < -0.4 is 10.4 Å². The molecule has 0 aromatic carbocycles. The van der Waals surface area contributed by atoms with Crippen molar-refractivity contribution >= 4 is 69.8 Å². The van der Waals surface area contributed by atoms with Crippen LogP contribution in [0.2, 0.25) is 0 Å². The number of rotatable bonds is 48. The number of amides is 1. The first-order valence-electron chi connectivity index (χ1n) is 26.6. The summed E-state index contributed by atoms with van der Waals surface area (Å²) in [6.07, 6.45) is 55.7. The van der Waals surface area contributed by atoms with Gasteiger partial charge in [-0.25, -0.2) is 8.42 Å². The van der Waals surface area contributed by atoms with E-state index in [9.17, 15) is 31.3 Å². The number of unbranched alkanes of at least 4 members (excludes halogenated alkanes) is 32. The number of nitrogens with one attached hydrogen (secondary N) is 1. The quantitative estimate of drug-likeness (QED) is 0.0151. The average molecular weight is 986 g/mol. The molecule has 0 fully saturated rings. The summed E-state index contributed by atoms with van der Waals surface area (Å²) in [5.41, 5.74) is 0. The maximum Gasteiger partial charge on any atom is 2.00 e. The molecule has 0 aromatic rings. The number of allylic oxidation sites excluding steroid dienone is 4. The van der Waals surface area contributed by atoms with Gasteiger partial charge < -0.3 is 20.0 Å². The van der Waals surface area contributed by atoms with Crippen molar-refractivity contribution < 1.29 is 35.8 Å². The van der Waals surface area contributed by atoms with Crippen LogP contribution >= 0.6 is 0 Å². The fourth-order valence-electron chi connectivity index (χ4n) is 7.52. The Morgan fingerprint density at radius 1 is 0.477 bits per heavy atom. The van der Waals surface area contributed by atoms with Gasteiger partial charge in [-0.05, 0) is 102 Å². The topological polar surface area (TPSA) is 176 Å². The molecular formula is C52H100CaN2O8S2. The first-order chi connectivity index (χ1) is 30.9. The number of carbonyl (C=O) groups excluding carboxylic acids is 1. The summed E-state index contributed by atoms with van der Waals surface area (Å²) in [5.74, 6) is -0.672. The van der Waals surface area contributed by atoms with Gasteiger partial charge in [0.1, 0.15) is 0 Å². The Balaban J connectivity index is -0.00000116.